The third kappa shape index (κ3) is 4.58. The summed E-state index contributed by atoms with van der Waals surface area (Å²) in [6.07, 6.45) is 0. The van der Waals surface area contributed by atoms with Crippen molar-refractivity contribution in [2.24, 2.45) is 0 Å². The van der Waals surface area contributed by atoms with E-state index in [0.717, 1.165) is 22.3 Å². The molecule has 2 N–H and O–H groups in total. The lowest BCUT2D eigenvalue weighted by Crippen LogP contribution is -2.50. The van der Waals surface area contributed by atoms with Crippen molar-refractivity contribution in [3.8, 4) is 5.69 Å². The van der Waals surface area contributed by atoms with Crippen molar-refractivity contribution in [3.05, 3.63) is 77.6 Å². The van der Waals surface area contributed by atoms with Gasteiger partial charge in [0.2, 0.25) is 5.91 Å². The SMILES string of the molecule is Cc1ccc(-n2nc(C)cc2NC(=O)CN2CCN(C(=O)c3cc4ccccc4[nH]3)CC2)cc1. The van der Waals surface area contributed by atoms with Gasteiger partial charge in [0.05, 0.1) is 17.9 Å². The van der Waals surface area contributed by atoms with Crippen LogP contribution < -0.4 is 5.32 Å². The maximum absolute atomic E-state index is 12.9. The second kappa shape index (κ2) is 9.15. The van der Waals surface area contributed by atoms with E-state index in [4.69, 9.17) is 0 Å². The minimum absolute atomic E-state index is 0.00206. The lowest BCUT2D eigenvalue weighted by Gasteiger charge is -2.34. The lowest BCUT2D eigenvalue weighted by molar-refractivity contribution is -0.117. The fourth-order valence-corrected chi connectivity index (χ4v) is 4.32. The van der Waals surface area contributed by atoms with Crippen LogP contribution in [0.15, 0.2) is 60.7 Å². The number of hydrogen-bond acceptors (Lipinski definition) is 4. The van der Waals surface area contributed by atoms with Gasteiger partial charge in [-0.1, -0.05) is 35.9 Å². The Labute approximate surface area is 198 Å². The molecule has 2 aromatic carbocycles. The van der Waals surface area contributed by atoms with E-state index in [-0.39, 0.29) is 18.4 Å². The van der Waals surface area contributed by atoms with Gasteiger partial charge in [0.15, 0.2) is 0 Å². The number of hydrogen-bond donors (Lipinski definition) is 2. The number of carbonyl (C=O) groups excluding carboxylic acids is 2. The molecule has 34 heavy (non-hydrogen) atoms. The Bertz CT molecular complexity index is 1300. The Morgan fingerprint density at radius 3 is 2.44 bits per heavy atom. The quantitative estimate of drug-likeness (QED) is 0.482. The summed E-state index contributed by atoms with van der Waals surface area (Å²) in [5.41, 5.74) is 4.46. The molecule has 0 radical (unpaired) electrons. The molecule has 0 unspecified atom stereocenters. The molecule has 0 aliphatic carbocycles. The van der Waals surface area contributed by atoms with Crippen LogP contribution in [0, 0.1) is 13.8 Å². The molecule has 1 aliphatic heterocycles. The summed E-state index contributed by atoms with van der Waals surface area (Å²) in [4.78, 5) is 32.8. The Morgan fingerprint density at radius 1 is 0.971 bits per heavy atom. The van der Waals surface area contributed by atoms with E-state index in [1.54, 1.807) is 4.68 Å². The smallest absolute Gasteiger partial charge is 0.270 e. The molecule has 0 bridgehead atoms. The molecule has 4 aromatic rings. The number of aryl methyl sites for hydroxylation is 2. The first-order chi connectivity index (χ1) is 16.5. The van der Waals surface area contributed by atoms with Crippen molar-refractivity contribution >= 4 is 28.5 Å². The number of para-hydroxylation sites is 1. The Kier molecular flexibility index (Phi) is 5.90. The van der Waals surface area contributed by atoms with Gasteiger partial charge in [0, 0.05) is 43.1 Å². The number of fused-ring (bicyclic) bond motifs is 1. The van der Waals surface area contributed by atoms with E-state index in [1.807, 2.05) is 79.4 Å². The summed E-state index contributed by atoms with van der Waals surface area (Å²) in [5, 5.41) is 8.56. The lowest BCUT2D eigenvalue weighted by atomic mass is 10.2. The zero-order valence-electron chi connectivity index (χ0n) is 19.4. The molecule has 0 atom stereocenters. The molecule has 0 spiro atoms. The van der Waals surface area contributed by atoms with Gasteiger partial charge in [-0.2, -0.15) is 5.10 Å². The van der Waals surface area contributed by atoms with Gasteiger partial charge < -0.3 is 15.2 Å². The van der Waals surface area contributed by atoms with Crippen LogP contribution >= 0.6 is 0 Å². The molecule has 2 aromatic heterocycles. The first-order valence-electron chi connectivity index (χ1n) is 11.5. The highest BCUT2D eigenvalue weighted by atomic mass is 16.2. The highest BCUT2D eigenvalue weighted by Crippen LogP contribution is 2.19. The first-order valence-corrected chi connectivity index (χ1v) is 11.5. The van der Waals surface area contributed by atoms with Crippen LogP contribution in [0.25, 0.3) is 16.6 Å². The zero-order valence-corrected chi connectivity index (χ0v) is 19.4. The van der Waals surface area contributed by atoms with Crippen LogP contribution in [0.2, 0.25) is 0 Å². The summed E-state index contributed by atoms with van der Waals surface area (Å²) < 4.78 is 1.75. The third-order valence-electron chi connectivity index (χ3n) is 6.16. The molecule has 1 aliphatic rings. The van der Waals surface area contributed by atoms with E-state index in [1.165, 1.54) is 5.56 Å². The fourth-order valence-electron chi connectivity index (χ4n) is 4.32. The van der Waals surface area contributed by atoms with Gasteiger partial charge in [0.1, 0.15) is 11.5 Å². The first kappa shape index (κ1) is 21.9. The van der Waals surface area contributed by atoms with E-state index in [0.29, 0.717) is 37.7 Å². The molecule has 5 rings (SSSR count). The molecule has 0 saturated carbocycles. The maximum Gasteiger partial charge on any atom is 0.270 e. The number of aromatic amines is 1. The van der Waals surface area contributed by atoms with Crippen LogP contribution in [-0.4, -0.2) is 69.1 Å². The molecule has 8 nitrogen and oxygen atoms in total. The van der Waals surface area contributed by atoms with Crippen molar-refractivity contribution in [2.75, 3.05) is 38.0 Å². The normalized spacial score (nSPS) is 14.5. The molecule has 3 heterocycles. The van der Waals surface area contributed by atoms with Crippen molar-refractivity contribution in [1.82, 2.24) is 24.6 Å². The summed E-state index contributed by atoms with van der Waals surface area (Å²) in [5.74, 6) is 0.556. The van der Waals surface area contributed by atoms with Crippen molar-refractivity contribution in [2.45, 2.75) is 13.8 Å². The largest absolute Gasteiger partial charge is 0.351 e. The second-order valence-corrected chi connectivity index (χ2v) is 8.81. The van der Waals surface area contributed by atoms with Crippen molar-refractivity contribution in [1.29, 1.82) is 0 Å². The predicted molar refractivity (Wildman–Crippen MR) is 132 cm³/mol. The van der Waals surface area contributed by atoms with Crippen LogP contribution in [0.5, 0.6) is 0 Å². The Balaban J connectivity index is 1.17. The second-order valence-electron chi connectivity index (χ2n) is 8.81. The summed E-state index contributed by atoms with van der Waals surface area (Å²) >= 11 is 0. The van der Waals surface area contributed by atoms with Gasteiger partial charge >= 0.3 is 0 Å². The van der Waals surface area contributed by atoms with E-state index >= 15 is 0 Å². The molecule has 1 fully saturated rings. The predicted octanol–water partition coefficient (Wildman–Crippen LogP) is 3.37. The zero-order chi connectivity index (χ0) is 23.7. The topological polar surface area (TPSA) is 86.3 Å². The number of benzene rings is 2. The third-order valence-corrected chi connectivity index (χ3v) is 6.16. The molecular weight excluding hydrogens is 428 g/mol. The number of anilines is 1. The number of aromatic nitrogens is 3. The molecule has 8 heteroatoms. The van der Waals surface area contributed by atoms with E-state index in [2.05, 4.69) is 20.3 Å². The monoisotopic (exact) mass is 456 g/mol. The highest BCUT2D eigenvalue weighted by Gasteiger charge is 2.24. The standard InChI is InChI=1S/C26H28N6O2/c1-18-7-9-21(10-8-18)32-24(15-19(2)29-32)28-25(33)17-30-11-13-31(14-12-30)26(34)23-16-20-5-3-4-6-22(20)27-23/h3-10,15-16,27H,11-14,17H2,1-2H3,(H,28,33). The van der Waals surface area contributed by atoms with Crippen LogP contribution in [0.4, 0.5) is 5.82 Å². The number of piperazine rings is 1. The summed E-state index contributed by atoms with van der Waals surface area (Å²) in [6, 6.07) is 19.7. The maximum atomic E-state index is 12.9. The Hall–Kier alpha value is -3.91. The highest BCUT2D eigenvalue weighted by molar-refractivity contribution is 5.98. The van der Waals surface area contributed by atoms with E-state index < -0.39 is 0 Å². The van der Waals surface area contributed by atoms with Crippen LogP contribution in [-0.2, 0) is 4.79 Å². The van der Waals surface area contributed by atoms with Gasteiger partial charge in [0.25, 0.3) is 5.91 Å². The Morgan fingerprint density at radius 2 is 1.71 bits per heavy atom. The number of nitrogens with one attached hydrogen (secondary N) is 2. The van der Waals surface area contributed by atoms with Crippen molar-refractivity contribution in [3.63, 3.8) is 0 Å². The number of nitrogens with zero attached hydrogens (tertiary/aromatic N) is 4. The van der Waals surface area contributed by atoms with Gasteiger partial charge in [-0.05, 0) is 38.1 Å². The summed E-state index contributed by atoms with van der Waals surface area (Å²) in [7, 11) is 0. The average Bonchev–Trinajstić information content (AvgIpc) is 3.43. The summed E-state index contributed by atoms with van der Waals surface area (Å²) in [6.45, 7) is 6.68. The van der Waals surface area contributed by atoms with Gasteiger partial charge in [-0.25, -0.2) is 4.68 Å². The number of carbonyl (C=O) groups is 2. The molecule has 2 amide bonds. The average molecular weight is 457 g/mol. The van der Waals surface area contributed by atoms with Crippen LogP contribution in [0.3, 0.4) is 0 Å². The van der Waals surface area contributed by atoms with Crippen molar-refractivity contribution < 1.29 is 9.59 Å². The molecule has 174 valence electrons. The minimum Gasteiger partial charge on any atom is -0.351 e. The van der Waals surface area contributed by atoms with Gasteiger partial charge in [-0.3, -0.25) is 14.5 Å². The van der Waals surface area contributed by atoms with Gasteiger partial charge in [-0.15, -0.1) is 0 Å². The van der Waals surface area contributed by atoms with E-state index in [9.17, 15) is 9.59 Å². The van der Waals surface area contributed by atoms with Crippen LogP contribution in [0.1, 0.15) is 21.7 Å². The number of amides is 2. The number of H-pyrrole nitrogens is 1. The fraction of sp³-hybridized carbons (Fsp3) is 0.269. The molecule has 1 saturated heterocycles. The minimum atomic E-state index is -0.0938. The molecular formula is C26H28N6O2. The number of rotatable bonds is 5.